The largest absolute Gasteiger partial charge is 0.463 e. The monoisotopic (exact) mass is 337 g/mol. The zero-order valence-corrected chi connectivity index (χ0v) is 14.1. The number of carbonyl (C=O) groups excluding carboxylic acids is 1. The molecule has 0 saturated heterocycles. The Balaban J connectivity index is 1.98. The van der Waals surface area contributed by atoms with E-state index >= 15 is 0 Å². The SMILES string of the molecule is C=C/C=C\C1C=NC=C(Nc2c(C(=O)OC)oc3cnccc23)C1C. The van der Waals surface area contributed by atoms with Crippen LogP contribution in [0.25, 0.3) is 11.0 Å². The van der Waals surface area contributed by atoms with Crippen molar-refractivity contribution in [2.45, 2.75) is 6.92 Å². The van der Waals surface area contributed by atoms with E-state index in [1.807, 2.05) is 18.4 Å². The van der Waals surface area contributed by atoms with Crippen LogP contribution in [-0.4, -0.2) is 24.3 Å². The molecule has 0 amide bonds. The molecule has 25 heavy (non-hydrogen) atoms. The maximum atomic E-state index is 12.1. The number of nitrogens with one attached hydrogen (secondary N) is 1. The zero-order valence-electron chi connectivity index (χ0n) is 14.1. The lowest BCUT2D eigenvalue weighted by atomic mass is 9.90. The summed E-state index contributed by atoms with van der Waals surface area (Å²) in [5.74, 6) is -0.154. The van der Waals surface area contributed by atoms with Gasteiger partial charge in [-0.25, -0.2) is 4.79 Å². The van der Waals surface area contributed by atoms with E-state index < -0.39 is 5.97 Å². The second-order valence-electron chi connectivity index (χ2n) is 5.66. The third-order valence-electron chi connectivity index (χ3n) is 4.14. The summed E-state index contributed by atoms with van der Waals surface area (Å²) < 4.78 is 10.5. The lowest BCUT2D eigenvalue weighted by Crippen LogP contribution is -2.21. The second-order valence-corrected chi connectivity index (χ2v) is 5.66. The van der Waals surface area contributed by atoms with Crippen LogP contribution in [0.1, 0.15) is 17.5 Å². The molecule has 1 aliphatic heterocycles. The predicted octanol–water partition coefficient (Wildman–Crippen LogP) is 3.95. The Morgan fingerprint density at radius 3 is 3.08 bits per heavy atom. The van der Waals surface area contributed by atoms with Crippen molar-refractivity contribution >= 4 is 28.8 Å². The minimum Gasteiger partial charge on any atom is -0.463 e. The van der Waals surface area contributed by atoms with E-state index in [2.05, 4.69) is 28.8 Å². The lowest BCUT2D eigenvalue weighted by molar-refractivity contribution is 0.0569. The smallest absolute Gasteiger partial charge is 0.376 e. The van der Waals surface area contributed by atoms with E-state index in [1.54, 1.807) is 30.7 Å². The van der Waals surface area contributed by atoms with Crippen molar-refractivity contribution in [1.29, 1.82) is 0 Å². The number of hydrogen-bond donors (Lipinski definition) is 1. The van der Waals surface area contributed by atoms with E-state index in [-0.39, 0.29) is 17.6 Å². The van der Waals surface area contributed by atoms with Crippen molar-refractivity contribution in [2.75, 3.05) is 12.4 Å². The number of rotatable bonds is 5. The first-order valence-electron chi connectivity index (χ1n) is 7.90. The van der Waals surface area contributed by atoms with E-state index in [0.29, 0.717) is 11.3 Å². The fraction of sp³-hybridized carbons (Fsp3) is 0.211. The van der Waals surface area contributed by atoms with Crippen LogP contribution in [0.5, 0.6) is 0 Å². The number of esters is 1. The van der Waals surface area contributed by atoms with Gasteiger partial charge in [0.25, 0.3) is 0 Å². The number of pyridine rings is 1. The molecule has 0 spiro atoms. The van der Waals surface area contributed by atoms with Crippen LogP contribution in [0.3, 0.4) is 0 Å². The van der Waals surface area contributed by atoms with Gasteiger partial charge in [0.1, 0.15) is 5.69 Å². The molecule has 6 heteroatoms. The van der Waals surface area contributed by atoms with Gasteiger partial charge in [-0.3, -0.25) is 9.98 Å². The van der Waals surface area contributed by atoms with Gasteiger partial charge in [-0.15, -0.1) is 0 Å². The molecule has 0 aromatic carbocycles. The molecule has 6 nitrogen and oxygen atoms in total. The van der Waals surface area contributed by atoms with Gasteiger partial charge in [0.05, 0.1) is 13.3 Å². The van der Waals surface area contributed by atoms with E-state index in [0.717, 1.165) is 11.1 Å². The Morgan fingerprint density at radius 2 is 2.32 bits per heavy atom. The summed E-state index contributed by atoms with van der Waals surface area (Å²) >= 11 is 0. The van der Waals surface area contributed by atoms with Crippen molar-refractivity contribution in [3.8, 4) is 0 Å². The molecule has 0 radical (unpaired) electrons. The van der Waals surface area contributed by atoms with Crippen molar-refractivity contribution in [2.24, 2.45) is 16.8 Å². The summed E-state index contributed by atoms with van der Waals surface area (Å²) in [4.78, 5) is 20.4. The summed E-state index contributed by atoms with van der Waals surface area (Å²) in [7, 11) is 1.32. The minimum atomic E-state index is -0.547. The van der Waals surface area contributed by atoms with Gasteiger partial charge in [0.2, 0.25) is 5.76 Å². The molecule has 2 atom stereocenters. The quantitative estimate of drug-likeness (QED) is 0.660. The van der Waals surface area contributed by atoms with Crippen molar-refractivity contribution < 1.29 is 13.9 Å². The molecule has 0 fully saturated rings. The van der Waals surface area contributed by atoms with Gasteiger partial charge in [0, 0.05) is 41.5 Å². The second kappa shape index (κ2) is 7.17. The van der Waals surface area contributed by atoms with Gasteiger partial charge < -0.3 is 14.5 Å². The standard InChI is InChI=1S/C19H19N3O3/c1-4-5-6-13-9-21-10-15(12(13)2)22-17-14-7-8-20-11-16(14)25-18(17)19(23)24-3/h4-13,22H,1H2,2-3H3/b6-5-. The molecule has 2 aromatic heterocycles. The van der Waals surface area contributed by atoms with Crippen LogP contribution in [0.4, 0.5) is 5.69 Å². The molecule has 3 rings (SSSR count). The Labute approximate surface area is 145 Å². The molecule has 3 heterocycles. The Kier molecular flexibility index (Phi) is 4.79. The summed E-state index contributed by atoms with van der Waals surface area (Å²) in [5.41, 5.74) is 1.96. The highest BCUT2D eigenvalue weighted by Gasteiger charge is 2.26. The van der Waals surface area contributed by atoms with Crippen molar-refractivity contribution in [1.82, 2.24) is 4.98 Å². The molecular weight excluding hydrogens is 318 g/mol. The first-order valence-corrected chi connectivity index (χ1v) is 7.90. The zero-order chi connectivity index (χ0) is 17.8. The number of methoxy groups -OCH3 is 1. The van der Waals surface area contributed by atoms with Gasteiger partial charge in [0.15, 0.2) is 5.58 Å². The number of ether oxygens (including phenoxy) is 1. The summed E-state index contributed by atoms with van der Waals surface area (Å²) in [6.45, 7) is 5.78. The molecule has 1 N–H and O–H groups in total. The number of furan rings is 1. The van der Waals surface area contributed by atoms with Gasteiger partial charge in [-0.2, -0.15) is 0 Å². The molecule has 2 unspecified atom stereocenters. The average molecular weight is 337 g/mol. The first-order chi connectivity index (χ1) is 12.2. The minimum absolute atomic E-state index is 0.117. The number of aromatic nitrogens is 1. The van der Waals surface area contributed by atoms with Crippen LogP contribution in [0, 0.1) is 11.8 Å². The Hall–Kier alpha value is -3.15. The highest BCUT2D eigenvalue weighted by molar-refractivity contribution is 6.04. The number of aliphatic imine (C=N–C) groups is 1. The molecule has 128 valence electrons. The normalized spacial score (nSPS) is 19.8. The summed E-state index contributed by atoms with van der Waals surface area (Å²) in [6, 6.07) is 1.79. The van der Waals surface area contributed by atoms with Crippen LogP contribution < -0.4 is 5.32 Å². The number of hydrogen-bond acceptors (Lipinski definition) is 6. The van der Waals surface area contributed by atoms with Crippen LogP contribution in [0.2, 0.25) is 0 Å². The number of allylic oxidation sites excluding steroid dienone is 4. The third-order valence-corrected chi connectivity index (χ3v) is 4.14. The predicted molar refractivity (Wildman–Crippen MR) is 97.5 cm³/mol. The third kappa shape index (κ3) is 3.24. The fourth-order valence-electron chi connectivity index (χ4n) is 2.70. The molecule has 2 aromatic rings. The number of anilines is 1. The highest BCUT2D eigenvalue weighted by Crippen LogP contribution is 2.34. The molecule has 1 aliphatic rings. The topological polar surface area (TPSA) is 76.7 Å². The lowest BCUT2D eigenvalue weighted by Gasteiger charge is -2.24. The maximum absolute atomic E-state index is 12.1. The summed E-state index contributed by atoms with van der Waals surface area (Å²) in [6.07, 6.45) is 12.5. The fourth-order valence-corrected chi connectivity index (χ4v) is 2.70. The van der Waals surface area contributed by atoms with E-state index in [1.165, 1.54) is 7.11 Å². The van der Waals surface area contributed by atoms with Crippen LogP contribution in [0.15, 0.2) is 64.6 Å². The van der Waals surface area contributed by atoms with Crippen LogP contribution >= 0.6 is 0 Å². The highest BCUT2D eigenvalue weighted by atomic mass is 16.5. The maximum Gasteiger partial charge on any atom is 0.376 e. The van der Waals surface area contributed by atoms with Gasteiger partial charge in [-0.05, 0) is 6.07 Å². The number of nitrogens with zero attached hydrogens (tertiary/aromatic N) is 2. The Morgan fingerprint density at radius 1 is 1.48 bits per heavy atom. The van der Waals surface area contributed by atoms with Gasteiger partial charge in [-0.1, -0.05) is 31.7 Å². The summed E-state index contributed by atoms with van der Waals surface area (Å²) in [5, 5.41) is 4.07. The van der Waals surface area contributed by atoms with Crippen molar-refractivity contribution in [3.63, 3.8) is 0 Å². The van der Waals surface area contributed by atoms with Crippen LogP contribution in [-0.2, 0) is 4.74 Å². The molecule has 0 aliphatic carbocycles. The number of carbonyl (C=O) groups is 1. The van der Waals surface area contributed by atoms with Crippen molar-refractivity contribution in [3.05, 3.63) is 60.9 Å². The van der Waals surface area contributed by atoms with Gasteiger partial charge >= 0.3 is 5.97 Å². The average Bonchev–Trinajstić information content (AvgIpc) is 3.00. The number of fused-ring (bicyclic) bond motifs is 1. The molecular formula is C19H19N3O3. The Bertz CT molecular complexity index is 892. The molecule has 0 bridgehead atoms. The molecule has 0 saturated carbocycles. The van der Waals surface area contributed by atoms with E-state index in [4.69, 9.17) is 9.15 Å². The first kappa shape index (κ1) is 16.7. The van der Waals surface area contributed by atoms with E-state index in [9.17, 15) is 4.79 Å².